The van der Waals surface area contributed by atoms with E-state index >= 15 is 0 Å². The Morgan fingerprint density at radius 1 is 1.15 bits per heavy atom. The number of carbonyl (C=O) groups is 2. The predicted octanol–water partition coefficient (Wildman–Crippen LogP) is 2.66. The van der Waals surface area contributed by atoms with Crippen molar-refractivity contribution in [2.75, 3.05) is 26.3 Å². The minimum absolute atomic E-state index is 0.151. The third-order valence-electron chi connectivity index (χ3n) is 5.00. The predicted molar refractivity (Wildman–Crippen MR) is 95.5 cm³/mol. The van der Waals surface area contributed by atoms with Gasteiger partial charge in [0.15, 0.2) is 11.5 Å². The number of aliphatic carboxylic acids is 1. The fourth-order valence-electron chi connectivity index (χ4n) is 3.44. The lowest BCUT2D eigenvalue weighted by Gasteiger charge is -2.33. The Kier molecular flexibility index (Phi) is 5.54. The number of ether oxygens (including phenoxy) is 2. The second-order valence-electron chi connectivity index (χ2n) is 7.17. The molecule has 1 unspecified atom stereocenters. The molecule has 142 valence electrons. The van der Waals surface area contributed by atoms with E-state index in [9.17, 15) is 9.59 Å². The van der Waals surface area contributed by atoms with E-state index in [1.165, 1.54) is 0 Å². The molecule has 1 saturated heterocycles. The highest BCUT2D eigenvalue weighted by Crippen LogP contribution is 2.34. The highest BCUT2D eigenvalue weighted by Gasteiger charge is 2.29. The lowest BCUT2D eigenvalue weighted by molar-refractivity contribution is -0.143. The largest absolute Gasteiger partial charge is 0.486 e. The van der Waals surface area contributed by atoms with Crippen molar-refractivity contribution in [1.29, 1.82) is 0 Å². The number of hydrogen-bond acceptors (Lipinski definition) is 4. The average molecular weight is 362 g/mol. The van der Waals surface area contributed by atoms with Gasteiger partial charge in [-0.05, 0) is 36.5 Å². The van der Waals surface area contributed by atoms with E-state index in [-0.39, 0.29) is 23.9 Å². The molecule has 3 rings (SSSR count). The van der Waals surface area contributed by atoms with Gasteiger partial charge in [-0.2, -0.15) is 0 Å². The fraction of sp³-hybridized carbons (Fsp3) is 0.579. The molecule has 1 aromatic rings. The summed E-state index contributed by atoms with van der Waals surface area (Å²) in [7, 11) is 0. The normalized spacial score (nSPS) is 18.5. The van der Waals surface area contributed by atoms with E-state index in [1.807, 2.05) is 18.2 Å². The number of benzene rings is 1. The molecule has 1 fully saturated rings. The van der Waals surface area contributed by atoms with Crippen LogP contribution in [0.4, 0.5) is 4.79 Å². The minimum atomic E-state index is -0.776. The Bertz CT molecular complexity index is 668. The van der Waals surface area contributed by atoms with E-state index in [4.69, 9.17) is 14.6 Å². The van der Waals surface area contributed by atoms with E-state index in [0.29, 0.717) is 44.9 Å². The zero-order valence-corrected chi connectivity index (χ0v) is 15.2. The molecule has 1 aromatic carbocycles. The van der Waals surface area contributed by atoms with Crippen molar-refractivity contribution in [1.82, 2.24) is 10.2 Å². The van der Waals surface area contributed by atoms with Gasteiger partial charge in [0.05, 0.1) is 12.0 Å². The molecule has 7 nitrogen and oxygen atoms in total. The van der Waals surface area contributed by atoms with Crippen molar-refractivity contribution in [2.45, 2.75) is 32.7 Å². The van der Waals surface area contributed by atoms with Crippen LogP contribution in [0.15, 0.2) is 18.2 Å². The molecule has 0 saturated carbocycles. The molecule has 2 amide bonds. The molecule has 0 aromatic heterocycles. The molecule has 7 heteroatoms. The molecule has 2 heterocycles. The van der Waals surface area contributed by atoms with E-state index in [0.717, 1.165) is 11.3 Å². The monoisotopic (exact) mass is 362 g/mol. The van der Waals surface area contributed by atoms with Gasteiger partial charge in [-0.3, -0.25) is 4.79 Å². The zero-order valence-electron chi connectivity index (χ0n) is 15.2. The molecule has 2 N–H and O–H groups in total. The van der Waals surface area contributed by atoms with Crippen molar-refractivity contribution in [2.24, 2.45) is 11.8 Å². The van der Waals surface area contributed by atoms with E-state index in [2.05, 4.69) is 19.2 Å². The number of amides is 2. The van der Waals surface area contributed by atoms with Gasteiger partial charge in [0.25, 0.3) is 0 Å². The molecule has 2 aliphatic rings. The first-order valence-electron chi connectivity index (χ1n) is 9.13. The first-order chi connectivity index (χ1) is 12.5. The van der Waals surface area contributed by atoms with Crippen LogP contribution in [0.3, 0.4) is 0 Å². The molecule has 2 aliphatic heterocycles. The standard InChI is InChI=1S/C19H26N2O5/c1-12(2)17(14-3-4-15-16(11-14)26-10-9-25-15)20-19(24)21-7-5-13(6-8-21)18(22)23/h3-4,11-13,17H,5-10H2,1-2H3,(H,20,24)(H,22,23). The summed E-state index contributed by atoms with van der Waals surface area (Å²) in [6, 6.07) is 5.45. The summed E-state index contributed by atoms with van der Waals surface area (Å²) in [5, 5.41) is 12.2. The third-order valence-corrected chi connectivity index (χ3v) is 5.00. The quantitative estimate of drug-likeness (QED) is 0.860. The number of nitrogens with zero attached hydrogens (tertiary/aromatic N) is 1. The van der Waals surface area contributed by atoms with Crippen molar-refractivity contribution in [3.63, 3.8) is 0 Å². The number of carboxylic acid groups (broad SMARTS) is 1. The van der Waals surface area contributed by atoms with Crippen LogP contribution < -0.4 is 14.8 Å². The maximum atomic E-state index is 12.7. The van der Waals surface area contributed by atoms with Crippen molar-refractivity contribution < 1.29 is 24.2 Å². The van der Waals surface area contributed by atoms with Gasteiger partial charge in [-0.15, -0.1) is 0 Å². The molecular weight excluding hydrogens is 336 g/mol. The Labute approximate surface area is 153 Å². The number of likely N-dealkylation sites (tertiary alicyclic amines) is 1. The van der Waals surface area contributed by atoms with Crippen LogP contribution in [-0.4, -0.2) is 48.3 Å². The molecule has 26 heavy (non-hydrogen) atoms. The lowest BCUT2D eigenvalue weighted by atomic mass is 9.95. The van der Waals surface area contributed by atoms with Crippen LogP contribution >= 0.6 is 0 Å². The number of carbonyl (C=O) groups excluding carboxylic acids is 1. The number of nitrogens with one attached hydrogen (secondary N) is 1. The van der Waals surface area contributed by atoms with Crippen LogP contribution in [-0.2, 0) is 4.79 Å². The van der Waals surface area contributed by atoms with Crippen molar-refractivity contribution >= 4 is 12.0 Å². The summed E-state index contributed by atoms with van der Waals surface area (Å²) in [6.07, 6.45) is 0.998. The number of carboxylic acids is 1. The summed E-state index contributed by atoms with van der Waals surface area (Å²) in [4.78, 5) is 25.4. The Balaban J connectivity index is 1.67. The number of rotatable bonds is 4. The zero-order chi connectivity index (χ0) is 18.7. The van der Waals surface area contributed by atoms with E-state index < -0.39 is 5.97 Å². The summed E-state index contributed by atoms with van der Waals surface area (Å²) in [5.41, 5.74) is 0.970. The smallest absolute Gasteiger partial charge is 0.317 e. The molecule has 0 aliphatic carbocycles. The second-order valence-corrected chi connectivity index (χ2v) is 7.17. The minimum Gasteiger partial charge on any atom is -0.486 e. The number of fused-ring (bicyclic) bond motifs is 1. The SMILES string of the molecule is CC(C)C(NC(=O)N1CCC(C(=O)O)CC1)c1ccc2c(c1)OCCO2. The van der Waals surface area contributed by atoms with Gasteiger partial charge in [0.1, 0.15) is 13.2 Å². The van der Waals surface area contributed by atoms with Gasteiger partial charge in [0.2, 0.25) is 0 Å². The summed E-state index contributed by atoms with van der Waals surface area (Å²) in [5.74, 6) is 0.498. The topological polar surface area (TPSA) is 88.1 Å². The van der Waals surface area contributed by atoms with Gasteiger partial charge in [-0.1, -0.05) is 19.9 Å². The van der Waals surface area contributed by atoms with Crippen LogP contribution in [0.2, 0.25) is 0 Å². The Morgan fingerprint density at radius 2 is 1.81 bits per heavy atom. The van der Waals surface area contributed by atoms with Gasteiger partial charge < -0.3 is 24.8 Å². The summed E-state index contributed by atoms with van der Waals surface area (Å²) in [6.45, 7) is 6.11. The highest BCUT2D eigenvalue weighted by molar-refractivity contribution is 5.76. The van der Waals surface area contributed by atoms with Crippen LogP contribution in [0.1, 0.15) is 38.3 Å². The van der Waals surface area contributed by atoms with Crippen LogP contribution in [0.25, 0.3) is 0 Å². The lowest BCUT2D eigenvalue weighted by Crippen LogP contribution is -2.47. The maximum absolute atomic E-state index is 12.7. The summed E-state index contributed by atoms with van der Waals surface area (Å²) >= 11 is 0. The second kappa shape index (κ2) is 7.85. The van der Waals surface area contributed by atoms with Gasteiger partial charge >= 0.3 is 12.0 Å². The highest BCUT2D eigenvalue weighted by atomic mass is 16.6. The Hall–Kier alpha value is -2.44. The van der Waals surface area contributed by atoms with E-state index in [1.54, 1.807) is 4.90 Å². The number of piperidine rings is 1. The van der Waals surface area contributed by atoms with Gasteiger partial charge in [-0.25, -0.2) is 4.79 Å². The maximum Gasteiger partial charge on any atom is 0.317 e. The molecule has 0 radical (unpaired) electrons. The summed E-state index contributed by atoms with van der Waals surface area (Å²) < 4.78 is 11.2. The fourth-order valence-corrected chi connectivity index (χ4v) is 3.44. The van der Waals surface area contributed by atoms with Crippen molar-refractivity contribution in [3.8, 4) is 11.5 Å². The van der Waals surface area contributed by atoms with Crippen LogP contribution in [0.5, 0.6) is 11.5 Å². The first kappa shape index (κ1) is 18.4. The van der Waals surface area contributed by atoms with Crippen molar-refractivity contribution in [3.05, 3.63) is 23.8 Å². The average Bonchev–Trinajstić information content (AvgIpc) is 2.65. The third kappa shape index (κ3) is 4.03. The molecule has 0 bridgehead atoms. The Morgan fingerprint density at radius 3 is 2.42 bits per heavy atom. The molecular formula is C19H26N2O5. The molecule has 1 atom stereocenters. The first-order valence-corrected chi connectivity index (χ1v) is 9.13. The van der Waals surface area contributed by atoms with Gasteiger partial charge in [0, 0.05) is 13.1 Å². The molecule has 0 spiro atoms. The van der Waals surface area contributed by atoms with Crippen LogP contribution in [0, 0.1) is 11.8 Å². The number of urea groups is 1. The number of hydrogen-bond donors (Lipinski definition) is 2.